The first-order chi connectivity index (χ1) is 9.81. The highest BCUT2D eigenvalue weighted by Gasteiger charge is 2.19. The molecule has 0 radical (unpaired) electrons. The van der Waals surface area contributed by atoms with E-state index in [1.165, 1.54) is 0 Å². The van der Waals surface area contributed by atoms with Gasteiger partial charge in [0, 0.05) is 6.42 Å². The highest BCUT2D eigenvalue weighted by molar-refractivity contribution is 14.1. The molecule has 2 aromatic rings. The van der Waals surface area contributed by atoms with E-state index in [-0.39, 0.29) is 6.04 Å². The number of nitrogens with zero attached hydrogens (tertiary/aromatic N) is 4. The summed E-state index contributed by atoms with van der Waals surface area (Å²) in [5.41, 5.74) is 1.14. The number of furan rings is 1. The van der Waals surface area contributed by atoms with Crippen LogP contribution in [0.1, 0.15) is 23.8 Å². The maximum atomic E-state index is 5.35. The Morgan fingerprint density at radius 2 is 2.05 bits per heavy atom. The van der Waals surface area contributed by atoms with Crippen molar-refractivity contribution >= 4 is 34.6 Å². The summed E-state index contributed by atoms with van der Waals surface area (Å²) in [5, 5.41) is 16.3. The smallest absolute Gasteiger partial charge is 0.175 e. The summed E-state index contributed by atoms with van der Waals surface area (Å²) >= 11 is 2.10. The minimum Gasteiger partial charge on any atom is -0.449 e. The first-order valence-corrected chi connectivity index (χ1v) is 7.20. The van der Waals surface area contributed by atoms with E-state index in [0.717, 1.165) is 9.33 Å². The van der Waals surface area contributed by atoms with Crippen LogP contribution < -0.4 is 0 Å². The maximum Gasteiger partial charge on any atom is 0.175 e. The number of rotatable bonds is 3. The van der Waals surface area contributed by atoms with Gasteiger partial charge in [0.2, 0.25) is 0 Å². The molecule has 1 aromatic heterocycles. The van der Waals surface area contributed by atoms with Gasteiger partial charge in [-0.1, -0.05) is 30.3 Å². The predicted octanol–water partition coefficient (Wildman–Crippen LogP) is 4.21. The van der Waals surface area contributed by atoms with Gasteiger partial charge in [-0.15, -0.1) is 10.2 Å². The quantitative estimate of drug-likeness (QED) is 0.448. The van der Waals surface area contributed by atoms with Crippen molar-refractivity contribution in [3.8, 4) is 0 Å². The summed E-state index contributed by atoms with van der Waals surface area (Å²) < 4.78 is 6.17. The maximum absolute atomic E-state index is 5.35. The average molecular weight is 378 g/mol. The van der Waals surface area contributed by atoms with E-state index in [1.807, 2.05) is 42.5 Å². The topological polar surface area (TPSA) is 62.6 Å². The Morgan fingerprint density at radius 3 is 2.80 bits per heavy atom. The van der Waals surface area contributed by atoms with Crippen molar-refractivity contribution in [3.05, 3.63) is 57.6 Å². The minimum atomic E-state index is 0.0507. The fourth-order valence-corrected chi connectivity index (χ4v) is 2.30. The molecule has 0 N–H and O–H groups in total. The Labute approximate surface area is 129 Å². The predicted molar refractivity (Wildman–Crippen MR) is 85.1 cm³/mol. The Bertz CT molecular complexity index is 675. The summed E-state index contributed by atoms with van der Waals surface area (Å²) in [4.78, 5) is 0. The number of azo groups is 1. The molecule has 1 atom stereocenters. The zero-order valence-electron chi connectivity index (χ0n) is 10.5. The van der Waals surface area contributed by atoms with Crippen LogP contribution in [0.15, 0.2) is 67.3 Å². The lowest BCUT2D eigenvalue weighted by atomic mass is 10.1. The third-order valence-electron chi connectivity index (χ3n) is 2.82. The van der Waals surface area contributed by atoms with Crippen LogP contribution in [0.5, 0.6) is 0 Å². The molecule has 0 bridgehead atoms. The third kappa shape index (κ3) is 3.19. The first-order valence-electron chi connectivity index (χ1n) is 6.12. The van der Waals surface area contributed by atoms with Crippen LogP contribution in [0.3, 0.4) is 0 Å². The van der Waals surface area contributed by atoms with Crippen LogP contribution in [0.2, 0.25) is 0 Å². The van der Waals surface area contributed by atoms with E-state index < -0.39 is 0 Å². The standard InChI is InChI=1S/C14H11IN4O/c15-13-7-6-11(20-13)9-16-18-14-8-12(17-19-14)10-4-2-1-3-5-10/h1-7,9,12H,8H2/b16-9+,18-14+. The van der Waals surface area contributed by atoms with Gasteiger partial charge in [-0.3, -0.25) is 0 Å². The van der Waals surface area contributed by atoms with Gasteiger partial charge in [-0.2, -0.15) is 10.2 Å². The van der Waals surface area contributed by atoms with Crippen molar-refractivity contribution in [3.63, 3.8) is 0 Å². The molecule has 1 aliphatic rings. The van der Waals surface area contributed by atoms with E-state index in [1.54, 1.807) is 6.21 Å². The number of hydrogen-bond donors (Lipinski definition) is 0. The van der Waals surface area contributed by atoms with Crippen LogP contribution in [0.25, 0.3) is 0 Å². The lowest BCUT2D eigenvalue weighted by molar-refractivity contribution is 0.531. The second kappa shape index (κ2) is 6.08. The Kier molecular flexibility index (Phi) is 4.00. The molecule has 0 aliphatic carbocycles. The molecule has 1 unspecified atom stereocenters. The van der Waals surface area contributed by atoms with Crippen molar-refractivity contribution in [2.45, 2.75) is 12.5 Å². The molecule has 3 rings (SSSR count). The molecule has 1 aliphatic heterocycles. The van der Waals surface area contributed by atoms with Gasteiger partial charge in [0.15, 0.2) is 9.60 Å². The molecule has 0 saturated carbocycles. The molecule has 5 nitrogen and oxygen atoms in total. The molecule has 0 spiro atoms. The van der Waals surface area contributed by atoms with Crippen LogP contribution in [-0.4, -0.2) is 12.1 Å². The van der Waals surface area contributed by atoms with Crippen LogP contribution in [-0.2, 0) is 0 Å². The normalized spacial score (nSPS) is 20.2. The molecule has 0 saturated heterocycles. The van der Waals surface area contributed by atoms with Gasteiger partial charge in [-0.25, -0.2) is 0 Å². The van der Waals surface area contributed by atoms with Crippen LogP contribution >= 0.6 is 22.6 Å². The van der Waals surface area contributed by atoms with E-state index in [9.17, 15) is 0 Å². The van der Waals surface area contributed by atoms with Crippen LogP contribution in [0, 0.1) is 3.77 Å². The summed E-state index contributed by atoms with van der Waals surface area (Å²) in [6.45, 7) is 0. The Hall–Kier alpha value is -1.83. The summed E-state index contributed by atoms with van der Waals surface area (Å²) in [6, 6.07) is 13.8. The van der Waals surface area contributed by atoms with E-state index in [2.05, 4.69) is 43.0 Å². The second-order valence-electron chi connectivity index (χ2n) is 4.25. The summed E-state index contributed by atoms with van der Waals surface area (Å²) in [5.74, 6) is 1.31. The lowest BCUT2D eigenvalue weighted by Crippen LogP contribution is -1.95. The molecular weight excluding hydrogens is 367 g/mol. The van der Waals surface area contributed by atoms with Gasteiger partial charge in [0.05, 0.1) is 6.21 Å². The number of benzene rings is 1. The largest absolute Gasteiger partial charge is 0.449 e. The van der Waals surface area contributed by atoms with Crippen molar-refractivity contribution in [1.29, 1.82) is 0 Å². The van der Waals surface area contributed by atoms with E-state index in [0.29, 0.717) is 18.0 Å². The molecule has 1 aromatic carbocycles. The fourth-order valence-electron chi connectivity index (χ4n) is 1.86. The third-order valence-corrected chi connectivity index (χ3v) is 3.40. The Morgan fingerprint density at radius 1 is 1.20 bits per heavy atom. The van der Waals surface area contributed by atoms with Gasteiger partial charge < -0.3 is 4.42 Å². The average Bonchev–Trinajstić information content (AvgIpc) is 3.09. The lowest BCUT2D eigenvalue weighted by Gasteiger charge is -2.02. The number of hydrogen-bond acceptors (Lipinski definition) is 4. The zero-order chi connectivity index (χ0) is 13.8. The van der Waals surface area contributed by atoms with E-state index in [4.69, 9.17) is 4.42 Å². The summed E-state index contributed by atoms with van der Waals surface area (Å²) in [7, 11) is 0. The molecule has 0 fully saturated rings. The number of halogens is 1. The molecule has 2 heterocycles. The van der Waals surface area contributed by atoms with Crippen molar-refractivity contribution in [1.82, 2.24) is 0 Å². The molecule has 100 valence electrons. The van der Waals surface area contributed by atoms with Crippen molar-refractivity contribution in [2.24, 2.45) is 20.4 Å². The zero-order valence-corrected chi connectivity index (χ0v) is 12.6. The monoisotopic (exact) mass is 378 g/mol. The van der Waals surface area contributed by atoms with Crippen molar-refractivity contribution in [2.75, 3.05) is 0 Å². The fraction of sp³-hybridized carbons (Fsp3) is 0.143. The van der Waals surface area contributed by atoms with Gasteiger partial charge in [0.1, 0.15) is 11.8 Å². The number of amidine groups is 1. The van der Waals surface area contributed by atoms with E-state index >= 15 is 0 Å². The van der Waals surface area contributed by atoms with Gasteiger partial charge in [0.25, 0.3) is 0 Å². The van der Waals surface area contributed by atoms with Crippen LogP contribution in [0.4, 0.5) is 0 Å². The highest BCUT2D eigenvalue weighted by atomic mass is 127. The molecule has 20 heavy (non-hydrogen) atoms. The second-order valence-corrected chi connectivity index (χ2v) is 5.31. The summed E-state index contributed by atoms with van der Waals surface area (Å²) in [6.07, 6.45) is 2.25. The molecule has 0 amide bonds. The highest BCUT2D eigenvalue weighted by Crippen LogP contribution is 2.27. The van der Waals surface area contributed by atoms with Crippen molar-refractivity contribution < 1.29 is 4.42 Å². The minimum absolute atomic E-state index is 0.0507. The van der Waals surface area contributed by atoms with Gasteiger partial charge >= 0.3 is 0 Å². The first kappa shape index (κ1) is 13.2. The van der Waals surface area contributed by atoms with Gasteiger partial charge in [-0.05, 0) is 40.3 Å². The SMILES string of the molecule is Ic1ccc(/C=N/N=C2\CC(c3ccccc3)N=N2)o1. The Balaban J connectivity index is 1.64. The molecular formula is C14H11IN4O. The molecule has 6 heteroatoms.